The Balaban J connectivity index is 2.69. The monoisotopic (exact) mass is 203 g/mol. The van der Waals surface area contributed by atoms with E-state index in [0.717, 1.165) is 29.4 Å². The lowest BCUT2D eigenvalue weighted by Gasteiger charge is -2.06. The number of H-pyrrole nitrogens is 1. The van der Waals surface area contributed by atoms with Crippen LogP contribution in [0.15, 0.2) is 18.5 Å². The number of nitrogens with one attached hydrogen (secondary N) is 1. The van der Waals surface area contributed by atoms with E-state index in [2.05, 4.69) is 16.9 Å². The molecular formula is C11H13N3O. The minimum Gasteiger partial charge on any atom is -0.366 e. The average molecular weight is 203 g/mol. The third-order valence-corrected chi connectivity index (χ3v) is 2.46. The molecule has 0 spiro atoms. The van der Waals surface area contributed by atoms with Gasteiger partial charge in [0.2, 0.25) is 0 Å². The van der Waals surface area contributed by atoms with Gasteiger partial charge in [-0.25, -0.2) is 4.98 Å². The van der Waals surface area contributed by atoms with Crippen LogP contribution in [0.5, 0.6) is 0 Å². The van der Waals surface area contributed by atoms with E-state index in [0.29, 0.717) is 5.56 Å². The number of rotatable bonds is 3. The number of aromatic nitrogens is 2. The maximum Gasteiger partial charge on any atom is 0.250 e. The van der Waals surface area contributed by atoms with Crippen LogP contribution >= 0.6 is 0 Å². The zero-order chi connectivity index (χ0) is 10.8. The summed E-state index contributed by atoms with van der Waals surface area (Å²) < 4.78 is 0. The van der Waals surface area contributed by atoms with Gasteiger partial charge in [0.05, 0.1) is 5.56 Å². The van der Waals surface area contributed by atoms with Crippen molar-refractivity contribution in [2.45, 2.75) is 19.8 Å². The number of amides is 1. The number of nitrogens with zero attached hydrogens (tertiary/aromatic N) is 1. The van der Waals surface area contributed by atoms with Gasteiger partial charge in [-0.2, -0.15) is 0 Å². The molecule has 0 aliphatic carbocycles. The molecule has 0 fully saturated rings. The van der Waals surface area contributed by atoms with Crippen LogP contribution in [0.1, 0.15) is 29.3 Å². The second-order valence-corrected chi connectivity index (χ2v) is 3.50. The number of hydrogen-bond acceptors (Lipinski definition) is 2. The molecule has 0 unspecified atom stereocenters. The molecule has 0 saturated carbocycles. The van der Waals surface area contributed by atoms with E-state index >= 15 is 0 Å². The zero-order valence-electron chi connectivity index (χ0n) is 8.58. The smallest absolute Gasteiger partial charge is 0.250 e. The van der Waals surface area contributed by atoms with E-state index in [1.54, 1.807) is 6.20 Å². The van der Waals surface area contributed by atoms with Crippen molar-refractivity contribution in [3.8, 4) is 0 Å². The molecule has 2 rings (SSSR count). The van der Waals surface area contributed by atoms with Crippen molar-refractivity contribution in [3.05, 3.63) is 29.6 Å². The SMILES string of the molecule is CCCc1c(C(N)=O)cnc2[nH]ccc12. The van der Waals surface area contributed by atoms with Crippen molar-refractivity contribution >= 4 is 16.9 Å². The number of aromatic amines is 1. The topological polar surface area (TPSA) is 71.8 Å². The molecule has 2 aromatic heterocycles. The highest BCUT2D eigenvalue weighted by Crippen LogP contribution is 2.20. The summed E-state index contributed by atoms with van der Waals surface area (Å²) in [6.45, 7) is 2.07. The number of hydrogen-bond donors (Lipinski definition) is 2. The number of nitrogens with two attached hydrogens (primary N) is 1. The Bertz CT molecular complexity index is 502. The summed E-state index contributed by atoms with van der Waals surface area (Å²) in [5.74, 6) is -0.408. The first-order valence-electron chi connectivity index (χ1n) is 4.98. The summed E-state index contributed by atoms with van der Waals surface area (Å²) in [4.78, 5) is 18.4. The van der Waals surface area contributed by atoms with Gasteiger partial charge in [-0.15, -0.1) is 0 Å². The molecule has 15 heavy (non-hydrogen) atoms. The van der Waals surface area contributed by atoms with Crippen LogP contribution in [0, 0.1) is 0 Å². The summed E-state index contributed by atoms with van der Waals surface area (Å²) in [5, 5.41) is 0.994. The molecule has 0 atom stereocenters. The third kappa shape index (κ3) is 1.58. The summed E-state index contributed by atoms with van der Waals surface area (Å²) in [7, 11) is 0. The van der Waals surface area contributed by atoms with Gasteiger partial charge in [-0.05, 0) is 18.1 Å². The first kappa shape index (κ1) is 9.71. The molecule has 0 aromatic carbocycles. The first-order valence-corrected chi connectivity index (χ1v) is 4.98. The molecule has 0 radical (unpaired) electrons. The van der Waals surface area contributed by atoms with Crippen molar-refractivity contribution in [2.24, 2.45) is 5.73 Å². The van der Waals surface area contributed by atoms with E-state index in [-0.39, 0.29) is 0 Å². The molecule has 0 bridgehead atoms. The lowest BCUT2D eigenvalue weighted by molar-refractivity contribution is 0.0999. The second kappa shape index (κ2) is 3.73. The highest BCUT2D eigenvalue weighted by molar-refractivity contribution is 5.98. The average Bonchev–Trinajstić information content (AvgIpc) is 2.66. The number of carbonyl (C=O) groups excluding carboxylic acids is 1. The molecule has 4 heteroatoms. The van der Waals surface area contributed by atoms with E-state index in [9.17, 15) is 4.79 Å². The van der Waals surface area contributed by atoms with Gasteiger partial charge in [0.15, 0.2) is 0 Å². The van der Waals surface area contributed by atoms with Gasteiger partial charge in [-0.3, -0.25) is 4.79 Å². The number of carbonyl (C=O) groups is 1. The van der Waals surface area contributed by atoms with E-state index in [4.69, 9.17) is 5.73 Å². The van der Waals surface area contributed by atoms with Crippen molar-refractivity contribution < 1.29 is 4.79 Å². The first-order chi connectivity index (χ1) is 7.24. The fourth-order valence-corrected chi connectivity index (χ4v) is 1.79. The van der Waals surface area contributed by atoms with Gasteiger partial charge in [0.25, 0.3) is 5.91 Å². The number of primary amides is 1. The lowest BCUT2D eigenvalue weighted by Crippen LogP contribution is -2.14. The molecule has 78 valence electrons. The Labute approximate surface area is 87.5 Å². The minimum atomic E-state index is -0.408. The Morgan fingerprint density at radius 3 is 3.07 bits per heavy atom. The fraction of sp³-hybridized carbons (Fsp3) is 0.273. The number of aryl methyl sites for hydroxylation is 1. The molecule has 0 aliphatic heterocycles. The standard InChI is InChI=1S/C11H13N3O/c1-2-3-7-8-4-5-13-11(8)14-6-9(7)10(12)15/h4-6H,2-3H2,1H3,(H2,12,15)(H,13,14). The Morgan fingerprint density at radius 2 is 2.40 bits per heavy atom. The molecule has 2 aromatic rings. The van der Waals surface area contributed by atoms with E-state index in [1.165, 1.54) is 0 Å². The minimum absolute atomic E-state index is 0.408. The van der Waals surface area contributed by atoms with Gasteiger partial charge in [-0.1, -0.05) is 13.3 Å². The maximum atomic E-state index is 11.2. The molecule has 2 heterocycles. The predicted molar refractivity (Wildman–Crippen MR) is 58.6 cm³/mol. The van der Waals surface area contributed by atoms with E-state index in [1.807, 2.05) is 12.3 Å². The third-order valence-electron chi connectivity index (χ3n) is 2.46. The Kier molecular flexibility index (Phi) is 2.41. The van der Waals surface area contributed by atoms with Gasteiger partial charge < -0.3 is 10.7 Å². The van der Waals surface area contributed by atoms with Crippen LogP contribution in [0.25, 0.3) is 11.0 Å². The van der Waals surface area contributed by atoms with Gasteiger partial charge >= 0.3 is 0 Å². The van der Waals surface area contributed by atoms with Crippen molar-refractivity contribution in [3.63, 3.8) is 0 Å². The normalized spacial score (nSPS) is 10.7. The highest BCUT2D eigenvalue weighted by atomic mass is 16.1. The molecule has 0 aliphatic rings. The predicted octanol–water partition coefficient (Wildman–Crippen LogP) is 1.61. The fourth-order valence-electron chi connectivity index (χ4n) is 1.79. The van der Waals surface area contributed by atoms with Crippen LogP contribution in [0.3, 0.4) is 0 Å². The zero-order valence-corrected chi connectivity index (χ0v) is 8.58. The summed E-state index contributed by atoms with van der Waals surface area (Å²) in [6, 6.07) is 1.93. The lowest BCUT2D eigenvalue weighted by atomic mass is 10.0. The van der Waals surface area contributed by atoms with Crippen LogP contribution in [0.4, 0.5) is 0 Å². The van der Waals surface area contributed by atoms with Crippen molar-refractivity contribution in [2.75, 3.05) is 0 Å². The molecule has 1 amide bonds. The molecular weight excluding hydrogens is 190 g/mol. The molecule has 3 N–H and O–H groups in total. The van der Waals surface area contributed by atoms with Crippen LogP contribution in [-0.2, 0) is 6.42 Å². The van der Waals surface area contributed by atoms with Crippen LogP contribution in [0.2, 0.25) is 0 Å². The maximum absolute atomic E-state index is 11.2. The van der Waals surface area contributed by atoms with Crippen LogP contribution in [-0.4, -0.2) is 15.9 Å². The van der Waals surface area contributed by atoms with Crippen molar-refractivity contribution in [1.82, 2.24) is 9.97 Å². The van der Waals surface area contributed by atoms with Crippen LogP contribution < -0.4 is 5.73 Å². The second-order valence-electron chi connectivity index (χ2n) is 3.50. The Hall–Kier alpha value is -1.84. The van der Waals surface area contributed by atoms with Gasteiger partial charge in [0.1, 0.15) is 5.65 Å². The Morgan fingerprint density at radius 1 is 1.60 bits per heavy atom. The van der Waals surface area contributed by atoms with Crippen molar-refractivity contribution in [1.29, 1.82) is 0 Å². The number of pyridine rings is 1. The quantitative estimate of drug-likeness (QED) is 0.795. The van der Waals surface area contributed by atoms with Gasteiger partial charge in [0, 0.05) is 17.8 Å². The summed E-state index contributed by atoms with van der Waals surface area (Å²) >= 11 is 0. The summed E-state index contributed by atoms with van der Waals surface area (Å²) in [6.07, 6.45) is 5.19. The van der Waals surface area contributed by atoms with E-state index < -0.39 is 5.91 Å². The highest BCUT2D eigenvalue weighted by Gasteiger charge is 2.12. The summed E-state index contributed by atoms with van der Waals surface area (Å²) in [5.41, 5.74) is 7.65. The molecule has 4 nitrogen and oxygen atoms in total. The largest absolute Gasteiger partial charge is 0.366 e. The molecule has 0 saturated heterocycles. The number of fused-ring (bicyclic) bond motifs is 1.